The first-order chi connectivity index (χ1) is 15.1. The van der Waals surface area contributed by atoms with Crippen molar-refractivity contribution in [2.75, 3.05) is 6.61 Å². The zero-order chi connectivity index (χ0) is 23.7. The van der Waals surface area contributed by atoms with Crippen LogP contribution in [-0.2, 0) is 11.0 Å². The number of carbonyl (C=O) groups is 1. The lowest BCUT2D eigenvalue weighted by Gasteiger charge is -2.19. The lowest BCUT2D eigenvalue weighted by atomic mass is 9.89. The van der Waals surface area contributed by atoms with Crippen molar-refractivity contribution in [2.24, 2.45) is 11.8 Å². The first kappa shape index (κ1) is 25.9. The number of halogens is 3. The molecule has 1 aliphatic rings. The van der Waals surface area contributed by atoms with Gasteiger partial charge in [0.05, 0.1) is 17.8 Å². The first-order valence-electron chi connectivity index (χ1n) is 10.5. The van der Waals surface area contributed by atoms with Crippen molar-refractivity contribution in [3.05, 3.63) is 54.1 Å². The Labute approximate surface area is 184 Å². The minimum atomic E-state index is -4.49. The molecule has 9 heteroatoms. The van der Waals surface area contributed by atoms with Crippen molar-refractivity contribution in [3.8, 4) is 5.75 Å². The van der Waals surface area contributed by atoms with Gasteiger partial charge in [-0.3, -0.25) is 0 Å². The van der Waals surface area contributed by atoms with Gasteiger partial charge in [0.15, 0.2) is 0 Å². The topological polar surface area (TPSA) is 110 Å². The quantitative estimate of drug-likeness (QED) is 0.347. The number of carboxylic acid groups (broad SMARTS) is 1. The SMILES string of the molecule is O=C([O-])CCC/C=C\CC1C(/C=C/[C@@H](O)COc2cccc(C(F)(F)F)c2)[C@H](O)C[C@@H]1O. The van der Waals surface area contributed by atoms with E-state index in [2.05, 4.69) is 0 Å². The van der Waals surface area contributed by atoms with E-state index in [1.54, 1.807) is 6.08 Å². The number of carbonyl (C=O) groups excluding carboxylic acids is 1. The second-order valence-corrected chi connectivity index (χ2v) is 7.87. The molecule has 6 nitrogen and oxygen atoms in total. The largest absolute Gasteiger partial charge is 0.550 e. The zero-order valence-electron chi connectivity index (χ0n) is 17.4. The summed E-state index contributed by atoms with van der Waals surface area (Å²) in [6.07, 6.45) is 1.15. The van der Waals surface area contributed by atoms with Crippen molar-refractivity contribution < 1.29 is 43.1 Å². The van der Waals surface area contributed by atoms with Crippen LogP contribution in [0.1, 0.15) is 37.7 Å². The molecule has 32 heavy (non-hydrogen) atoms. The zero-order valence-corrected chi connectivity index (χ0v) is 17.4. The Morgan fingerprint density at radius 3 is 2.69 bits per heavy atom. The molecule has 0 heterocycles. The molecule has 0 aliphatic heterocycles. The molecule has 1 aliphatic carbocycles. The summed E-state index contributed by atoms with van der Waals surface area (Å²) in [6, 6.07) is 4.35. The molecule has 0 bridgehead atoms. The van der Waals surface area contributed by atoms with Crippen LogP contribution in [0.3, 0.4) is 0 Å². The van der Waals surface area contributed by atoms with Gasteiger partial charge < -0.3 is 30.0 Å². The van der Waals surface area contributed by atoms with Crippen LogP contribution in [0.25, 0.3) is 0 Å². The highest BCUT2D eigenvalue weighted by Gasteiger charge is 2.39. The van der Waals surface area contributed by atoms with Crippen LogP contribution in [-0.4, -0.2) is 46.2 Å². The highest BCUT2D eigenvalue weighted by molar-refractivity contribution is 5.64. The van der Waals surface area contributed by atoms with E-state index < -0.39 is 41.9 Å². The second-order valence-electron chi connectivity index (χ2n) is 7.87. The summed E-state index contributed by atoms with van der Waals surface area (Å²) < 4.78 is 43.5. The molecule has 1 fully saturated rings. The third kappa shape index (κ3) is 8.29. The Morgan fingerprint density at radius 1 is 1.25 bits per heavy atom. The molecule has 0 aromatic heterocycles. The van der Waals surface area contributed by atoms with Crippen LogP contribution in [0.2, 0.25) is 0 Å². The van der Waals surface area contributed by atoms with Gasteiger partial charge in [0.25, 0.3) is 0 Å². The van der Waals surface area contributed by atoms with Gasteiger partial charge in [-0.05, 0) is 49.8 Å². The molecular formula is C23H28F3O6-. The van der Waals surface area contributed by atoms with Crippen molar-refractivity contribution in [1.29, 1.82) is 0 Å². The molecular weight excluding hydrogens is 429 g/mol. The predicted molar refractivity (Wildman–Crippen MR) is 108 cm³/mol. The number of aliphatic hydroxyl groups is 3. The third-order valence-electron chi connectivity index (χ3n) is 5.38. The Morgan fingerprint density at radius 2 is 2.00 bits per heavy atom. The number of unbranched alkanes of at least 4 members (excludes halogenated alkanes) is 1. The normalized spacial score (nSPS) is 24.9. The molecule has 0 spiro atoms. The number of rotatable bonds is 11. The van der Waals surface area contributed by atoms with E-state index in [0.717, 1.165) is 12.1 Å². The maximum atomic E-state index is 12.8. The van der Waals surface area contributed by atoms with Gasteiger partial charge in [0.2, 0.25) is 0 Å². The maximum absolute atomic E-state index is 12.8. The van der Waals surface area contributed by atoms with Crippen LogP contribution in [0.5, 0.6) is 5.75 Å². The number of allylic oxidation sites excluding steroid dienone is 2. The van der Waals surface area contributed by atoms with Crippen molar-refractivity contribution in [1.82, 2.24) is 0 Å². The van der Waals surface area contributed by atoms with Gasteiger partial charge in [-0.1, -0.05) is 30.4 Å². The number of benzene rings is 1. The van der Waals surface area contributed by atoms with E-state index >= 15 is 0 Å². The number of carboxylic acids is 1. The van der Waals surface area contributed by atoms with Crippen LogP contribution in [0.4, 0.5) is 13.2 Å². The Kier molecular flexibility index (Phi) is 9.74. The Hall–Kier alpha value is -2.36. The molecule has 0 amide bonds. The van der Waals surface area contributed by atoms with Gasteiger partial charge in [-0.2, -0.15) is 13.2 Å². The number of hydrogen-bond donors (Lipinski definition) is 3. The fraction of sp³-hybridized carbons (Fsp3) is 0.522. The number of ether oxygens (including phenoxy) is 1. The van der Waals surface area contributed by atoms with Crippen LogP contribution < -0.4 is 9.84 Å². The molecule has 1 saturated carbocycles. The summed E-state index contributed by atoms with van der Waals surface area (Å²) in [5.74, 6) is -1.82. The minimum Gasteiger partial charge on any atom is -0.550 e. The fourth-order valence-electron chi connectivity index (χ4n) is 3.70. The minimum absolute atomic E-state index is 0.0229. The molecule has 5 atom stereocenters. The van der Waals surface area contributed by atoms with Gasteiger partial charge >= 0.3 is 6.18 Å². The average Bonchev–Trinajstić information content (AvgIpc) is 2.99. The smallest absolute Gasteiger partial charge is 0.416 e. The monoisotopic (exact) mass is 457 g/mol. The van der Waals surface area contributed by atoms with Gasteiger partial charge in [-0.25, -0.2) is 0 Å². The lowest BCUT2D eigenvalue weighted by molar-refractivity contribution is -0.305. The molecule has 3 N–H and O–H groups in total. The molecule has 2 rings (SSSR count). The average molecular weight is 457 g/mol. The van der Waals surface area contributed by atoms with E-state index in [4.69, 9.17) is 4.74 Å². The first-order valence-corrected chi connectivity index (χ1v) is 10.5. The summed E-state index contributed by atoms with van der Waals surface area (Å²) in [7, 11) is 0. The number of aliphatic carboxylic acids is 1. The maximum Gasteiger partial charge on any atom is 0.416 e. The predicted octanol–water partition coefficient (Wildman–Crippen LogP) is 2.23. The molecule has 2 unspecified atom stereocenters. The van der Waals surface area contributed by atoms with E-state index in [0.29, 0.717) is 19.3 Å². The number of hydrogen-bond acceptors (Lipinski definition) is 6. The summed E-state index contributed by atoms with van der Waals surface area (Å²) in [5.41, 5.74) is -0.848. The van der Waals surface area contributed by atoms with Crippen molar-refractivity contribution in [3.63, 3.8) is 0 Å². The highest BCUT2D eigenvalue weighted by atomic mass is 19.4. The standard InChI is InChI=1S/C23H29F3O6/c24-23(25,26)15-6-5-7-17(12-15)32-14-16(27)10-11-19-18(20(28)13-21(19)29)8-3-1-2-4-9-22(30)31/h1,3,5-7,10-12,16,18-21,27-29H,2,4,8-9,13-14H2,(H,30,31)/p-1/b3-1-,11-10+/t16-,18?,19?,20+,21-/m1/s1. The lowest BCUT2D eigenvalue weighted by Crippen LogP contribution is -2.21. The Bertz CT molecular complexity index is 792. The van der Waals surface area contributed by atoms with E-state index in [1.807, 2.05) is 12.2 Å². The van der Waals surface area contributed by atoms with Crippen LogP contribution >= 0.6 is 0 Å². The number of alkyl halides is 3. The van der Waals surface area contributed by atoms with Crippen LogP contribution in [0.15, 0.2) is 48.6 Å². The van der Waals surface area contributed by atoms with Crippen molar-refractivity contribution >= 4 is 5.97 Å². The summed E-state index contributed by atoms with van der Waals surface area (Å²) in [4.78, 5) is 10.4. The molecule has 1 aromatic carbocycles. The van der Waals surface area contributed by atoms with Gasteiger partial charge in [0, 0.05) is 18.3 Å². The summed E-state index contributed by atoms with van der Waals surface area (Å²) in [5, 5.41) is 41.0. The molecule has 0 saturated heterocycles. The second kappa shape index (κ2) is 12.0. The van der Waals surface area contributed by atoms with Crippen molar-refractivity contribution in [2.45, 2.75) is 56.6 Å². The van der Waals surface area contributed by atoms with E-state index in [1.165, 1.54) is 18.2 Å². The Balaban J connectivity index is 1.87. The molecule has 0 radical (unpaired) electrons. The van der Waals surface area contributed by atoms with E-state index in [-0.39, 0.29) is 31.1 Å². The third-order valence-corrected chi connectivity index (χ3v) is 5.38. The van der Waals surface area contributed by atoms with E-state index in [9.17, 15) is 38.4 Å². The highest BCUT2D eigenvalue weighted by Crippen LogP contribution is 2.36. The van der Waals surface area contributed by atoms with Crippen LogP contribution in [0, 0.1) is 11.8 Å². The van der Waals surface area contributed by atoms with Gasteiger partial charge in [-0.15, -0.1) is 0 Å². The molecule has 178 valence electrons. The number of aliphatic hydroxyl groups excluding tert-OH is 3. The van der Waals surface area contributed by atoms with Gasteiger partial charge in [0.1, 0.15) is 18.5 Å². The summed E-state index contributed by atoms with van der Waals surface area (Å²) in [6.45, 7) is -0.272. The molecule has 1 aromatic rings. The fourth-order valence-corrected chi connectivity index (χ4v) is 3.70. The summed E-state index contributed by atoms with van der Waals surface area (Å²) >= 11 is 0.